The number of hydrogen-bond acceptors (Lipinski definition) is 4. The Hall–Kier alpha value is -0.950. The zero-order valence-corrected chi connectivity index (χ0v) is 13.4. The van der Waals surface area contributed by atoms with Gasteiger partial charge in [-0.2, -0.15) is 0 Å². The zero-order valence-electron chi connectivity index (χ0n) is 12.6. The van der Waals surface area contributed by atoms with Crippen LogP contribution in [-0.4, -0.2) is 57.0 Å². The summed E-state index contributed by atoms with van der Waals surface area (Å²) >= 11 is 0. The summed E-state index contributed by atoms with van der Waals surface area (Å²) in [5.41, 5.74) is 1.27. The summed E-state index contributed by atoms with van der Waals surface area (Å²) in [4.78, 5) is 2.30. The molecular weight excluding hydrogens is 276 g/mol. The largest absolute Gasteiger partial charge is 0.392 e. The first kappa shape index (κ1) is 17.1. The number of sulfonamides is 1. The molecule has 0 saturated heterocycles. The van der Waals surface area contributed by atoms with Gasteiger partial charge in [0.1, 0.15) is 0 Å². The zero-order chi connectivity index (χ0) is 15.3. The molecular formula is C14H24N2O3S. The molecule has 1 N–H and O–H groups in total. The Balaban J connectivity index is 2.93. The van der Waals surface area contributed by atoms with Gasteiger partial charge in [0.25, 0.3) is 0 Å². The first-order valence-electron chi connectivity index (χ1n) is 6.61. The molecule has 0 bridgehead atoms. The lowest BCUT2D eigenvalue weighted by molar-refractivity contribution is 0.280. The van der Waals surface area contributed by atoms with Crippen LogP contribution in [0.4, 0.5) is 0 Å². The van der Waals surface area contributed by atoms with Crippen molar-refractivity contribution in [3.8, 4) is 0 Å². The maximum Gasteiger partial charge on any atom is 0.243 e. The van der Waals surface area contributed by atoms with Crippen LogP contribution < -0.4 is 0 Å². The molecule has 6 heteroatoms. The molecule has 0 fully saturated rings. The third-order valence-electron chi connectivity index (χ3n) is 3.33. The van der Waals surface area contributed by atoms with Crippen molar-refractivity contribution in [1.29, 1.82) is 0 Å². The van der Waals surface area contributed by atoms with Gasteiger partial charge in [-0.25, -0.2) is 12.7 Å². The highest BCUT2D eigenvalue weighted by Crippen LogP contribution is 2.22. The van der Waals surface area contributed by atoms with Gasteiger partial charge >= 0.3 is 0 Å². The fraction of sp³-hybridized carbons (Fsp3) is 0.571. The van der Waals surface area contributed by atoms with Crippen molar-refractivity contribution in [3.05, 3.63) is 29.3 Å². The third kappa shape index (κ3) is 4.02. The predicted octanol–water partition coefficient (Wildman–Crippen LogP) is 1.06. The normalized spacial score (nSPS) is 12.3. The molecule has 5 nitrogen and oxygen atoms in total. The lowest BCUT2D eigenvalue weighted by Gasteiger charge is -2.20. The standard InChI is InChI=1S/C14H24N2O3S/c1-12-13(11-17)7-5-8-14(12)20(18,19)16(4)10-6-9-15(2)3/h5,7-8,17H,6,9-11H2,1-4H3. The van der Waals surface area contributed by atoms with Gasteiger partial charge in [0.05, 0.1) is 11.5 Å². The Labute approximate surface area is 121 Å². The maximum absolute atomic E-state index is 12.5. The van der Waals surface area contributed by atoms with Gasteiger partial charge in [-0.3, -0.25) is 0 Å². The van der Waals surface area contributed by atoms with E-state index in [1.54, 1.807) is 32.2 Å². The van der Waals surface area contributed by atoms with E-state index in [-0.39, 0.29) is 11.5 Å². The molecule has 0 aliphatic carbocycles. The van der Waals surface area contributed by atoms with Crippen LogP contribution in [0.25, 0.3) is 0 Å². The van der Waals surface area contributed by atoms with Crippen molar-refractivity contribution >= 4 is 10.0 Å². The van der Waals surface area contributed by atoms with E-state index >= 15 is 0 Å². The molecule has 0 aromatic heterocycles. The number of aliphatic hydroxyl groups excluding tert-OH is 1. The molecule has 0 spiro atoms. The third-order valence-corrected chi connectivity index (χ3v) is 5.33. The van der Waals surface area contributed by atoms with Gasteiger partial charge in [-0.1, -0.05) is 12.1 Å². The van der Waals surface area contributed by atoms with Gasteiger partial charge in [0.15, 0.2) is 0 Å². The number of rotatable bonds is 7. The van der Waals surface area contributed by atoms with E-state index < -0.39 is 10.0 Å². The first-order valence-corrected chi connectivity index (χ1v) is 8.05. The van der Waals surface area contributed by atoms with Gasteiger partial charge in [0, 0.05) is 13.6 Å². The molecule has 0 atom stereocenters. The summed E-state index contributed by atoms with van der Waals surface area (Å²) in [6.45, 7) is 2.89. The summed E-state index contributed by atoms with van der Waals surface area (Å²) in [7, 11) is 2.02. The summed E-state index contributed by atoms with van der Waals surface area (Å²) in [6.07, 6.45) is 0.779. The number of benzene rings is 1. The molecule has 0 amide bonds. The van der Waals surface area contributed by atoms with Crippen LogP contribution in [0.1, 0.15) is 17.5 Å². The Morgan fingerprint density at radius 2 is 1.80 bits per heavy atom. The molecule has 114 valence electrons. The second-order valence-corrected chi connectivity index (χ2v) is 7.20. The minimum absolute atomic E-state index is 0.153. The fourth-order valence-electron chi connectivity index (χ4n) is 2.01. The molecule has 1 aromatic rings. The molecule has 0 aliphatic rings. The van der Waals surface area contributed by atoms with Crippen molar-refractivity contribution in [2.45, 2.75) is 24.8 Å². The first-order chi connectivity index (χ1) is 9.30. The van der Waals surface area contributed by atoms with Crippen molar-refractivity contribution in [2.24, 2.45) is 0 Å². The second kappa shape index (κ2) is 7.17. The molecule has 1 aromatic carbocycles. The minimum Gasteiger partial charge on any atom is -0.392 e. The summed E-state index contributed by atoms with van der Waals surface area (Å²) in [6, 6.07) is 4.99. The Morgan fingerprint density at radius 1 is 1.15 bits per heavy atom. The summed E-state index contributed by atoms with van der Waals surface area (Å²) < 4.78 is 26.4. The summed E-state index contributed by atoms with van der Waals surface area (Å²) in [5, 5.41) is 9.24. The van der Waals surface area contributed by atoms with Gasteiger partial charge < -0.3 is 10.0 Å². The molecule has 0 heterocycles. The average Bonchev–Trinajstić information content (AvgIpc) is 2.38. The van der Waals surface area contributed by atoms with Crippen molar-refractivity contribution in [3.63, 3.8) is 0 Å². The second-order valence-electron chi connectivity index (χ2n) is 5.18. The predicted molar refractivity (Wildman–Crippen MR) is 80.1 cm³/mol. The van der Waals surface area contributed by atoms with E-state index in [4.69, 9.17) is 0 Å². The summed E-state index contributed by atoms with van der Waals surface area (Å²) in [5.74, 6) is 0. The SMILES string of the molecule is Cc1c(CO)cccc1S(=O)(=O)N(C)CCCN(C)C. The quantitative estimate of drug-likeness (QED) is 0.818. The minimum atomic E-state index is -3.50. The van der Waals surface area contributed by atoms with E-state index in [0.717, 1.165) is 13.0 Å². The van der Waals surface area contributed by atoms with Gasteiger partial charge in [-0.15, -0.1) is 0 Å². The topological polar surface area (TPSA) is 60.9 Å². The van der Waals surface area contributed by atoms with Crippen LogP contribution in [0.15, 0.2) is 23.1 Å². The molecule has 20 heavy (non-hydrogen) atoms. The molecule has 1 rings (SSSR count). The Kier molecular flexibility index (Phi) is 6.13. The Morgan fingerprint density at radius 3 is 2.35 bits per heavy atom. The number of nitrogens with zero attached hydrogens (tertiary/aromatic N) is 2. The number of aliphatic hydroxyl groups is 1. The molecule has 0 radical (unpaired) electrons. The van der Waals surface area contributed by atoms with Crippen molar-refractivity contribution in [1.82, 2.24) is 9.21 Å². The van der Waals surface area contributed by atoms with E-state index in [1.807, 2.05) is 19.0 Å². The van der Waals surface area contributed by atoms with Crippen LogP contribution in [0, 0.1) is 6.92 Å². The highest BCUT2D eigenvalue weighted by molar-refractivity contribution is 7.89. The number of hydrogen-bond donors (Lipinski definition) is 1. The highest BCUT2D eigenvalue weighted by Gasteiger charge is 2.23. The smallest absolute Gasteiger partial charge is 0.243 e. The lowest BCUT2D eigenvalue weighted by atomic mass is 10.1. The van der Waals surface area contributed by atoms with Crippen LogP contribution in [0.3, 0.4) is 0 Å². The Bertz CT molecular complexity index is 541. The van der Waals surface area contributed by atoms with Gasteiger partial charge in [0.2, 0.25) is 10.0 Å². The highest BCUT2D eigenvalue weighted by atomic mass is 32.2. The van der Waals surface area contributed by atoms with Crippen molar-refractivity contribution in [2.75, 3.05) is 34.2 Å². The van der Waals surface area contributed by atoms with Crippen LogP contribution in [-0.2, 0) is 16.6 Å². The van der Waals surface area contributed by atoms with Crippen molar-refractivity contribution < 1.29 is 13.5 Å². The van der Waals surface area contributed by atoms with E-state index in [0.29, 0.717) is 17.7 Å². The molecule has 0 unspecified atom stereocenters. The average molecular weight is 300 g/mol. The van der Waals surface area contributed by atoms with E-state index in [2.05, 4.69) is 0 Å². The molecule has 0 saturated carbocycles. The van der Waals surface area contributed by atoms with E-state index in [9.17, 15) is 13.5 Å². The van der Waals surface area contributed by atoms with Crippen LogP contribution in [0.5, 0.6) is 0 Å². The monoisotopic (exact) mass is 300 g/mol. The maximum atomic E-state index is 12.5. The van der Waals surface area contributed by atoms with Gasteiger partial charge in [-0.05, 0) is 51.2 Å². The lowest BCUT2D eigenvalue weighted by Crippen LogP contribution is -2.30. The van der Waals surface area contributed by atoms with Crippen LogP contribution in [0.2, 0.25) is 0 Å². The van der Waals surface area contributed by atoms with E-state index in [1.165, 1.54) is 4.31 Å². The molecule has 0 aliphatic heterocycles. The van der Waals surface area contributed by atoms with Crippen LogP contribution >= 0.6 is 0 Å². The fourth-order valence-corrected chi connectivity index (χ4v) is 3.48.